The van der Waals surface area contributed by atoms with E-state index in [4.69, 9.17) is 11.6 Å². The van der Waals surface area contributed by atoms with E-state index >= 15 is 0 Å². The molecule has 0 aromatic heterocycles. The molecule has 0 radical (unpaired) electrons. The SMILES string of the molecule is CCCN(C1CNC1)S(=O)(=O)c1ccc(Cl)c([N+](=O)[O-])c1. The van der Waals surface area contributed by atoms with E-state index in [0.717, 1.165) is 6.07 Å². The summed E-state index contributed by atoms with van der Waals surface area (Å²) in [6.07, 6.45) is 0.672. The minimum absolute atomic E-state index is 0.0775. The Labute approximate surface area is 128 Å². The van der Waals surface area contributed by atoms with Crippen LogP contribution in [-0.2, 0) is 10.0 Å². The third-order valence-corrected chi connectivity index (χ3v) is 5.60. The Kier molecular flexibility index (Phi) is 4.82. The van der Waals surface area contributed by atoms with Crippen molar-refractivity contribution in [2.75, 3.05) is 19.6 Å². The van der Waals surface area contributed by atoms with Crippen LogP contribution in [0, 0.1) is 10.1 Å². The second kappa shape index (κ2) is 6.27. The Morgan fingerprint density at radius 2 is 2.14 bits per heavy atom. The summed E-state index contributed by atoms with van der Waals surface area (Å²) in [6.45, 7) is 3.45. The molecule has 1 aliphatic heterocycles. The summed E-state index contributed by atoms with van der Waals surface area (Å²) in [5.41, 5.74) is -0.402. The van der Waals surface area contributed by atoms with E-state index in [2.05, 4.69) is 5.32 Å². The number of nitrogens with one attached hydrogen (secondary N) is 1. The molecule has 1 aromatic rings. The Hall–Kier alpha value is -1.22. The van der Waals surface area contributed by atoms with E-state index in [1.165, 1.54) is 16.4 Å². The van der Waals surface area contributed by atoms with E-state index in [1.54, 1.807) is 0 Å². The van der Waals surface area contributed by atoms with Gasteiger partial charge in [0.25, 0.3) is 5.69 Å². The van der Waals surface area contributed by atoms with Crippen molar-refractivity contribution in [3.8, 4) is 0 Å². The van der Waals surface area contributed by atoms with Crippen molar-refractivity contribution in [1.29, 1.82) is 0 Å². The molecule has 1 aliphatic rings. The lowest BCUT2D eigenvalue weighted by molar-refractivity contribution is -0.384. The zero-order chi connectivity index (χ0) is 15.6. The van der Waals surface area contributed by atoms with Gasteiger partial charge in [0.05, 0.1) is 15.9 Å². The predicted molar refractivity (Wildman–Crippen MR) is 78.9 cm³/mol. The highest BCUT2D eigenvalue weighted by Gasteiger charge is 2.35. The van der Waals surface area contributed by atoms with Gasteiger partial charge in [-0.1, -0.05) is 18.5 Å². The first-order valence-electron chi connectivity index (χ1n) is 6.54. The van der Waals surface area contributed by atoms with E-state index in [1.807, 2.05) is 6.92 Å². The number of nitro benzene ring substituents is 1. The maximum absolute atomic E-state index is 12.7. The average Bonchev–Trinajstić information content (AvgIpc) is 2.36. The van der Waals surface area contributed by atoms with Crippen LogP contribution in [-0.4, -0.2) is 43.3 Å². The third kappa shape index (κ3) is 3.18. The van der Waals surface area contributed by atoms with Gasteiger partial charge in [-0.2, -0.15) is 4.31 Å². The van der Waals surface area contributed by atoms with Crippen LogP contribution in [0.2, 0.25) is 5.02 Å². The quantitative estimate of drug-likeness (QED) is 0.630. The number of rotatable bonds is 6. The zero-order valence-electron chi connectivity index (χ0n) is 11.5. The maximum atomic E-state index is 12.7. The summed E-state index contributed by atoms with van der Waals surface area (Å²) in [7, 11) is -3.77. The molecule has 0 saturated carbocycles. The highest BCUT2D eigenvalue weighted by Crippen LogP contribution is 2.29. The topological polar surface area (TPSA) is 92.6 Å². The number of halogens is 1. The van der Waals surface area contributed by atoms with Gasteiger partial charge in [0.15, 0.2) is 0 Å². The molecule has 1 heterocycles. The molecule has 1 N–H and O–H groups in total. The van der Waals surface area contributed by atoms with Gasteiger partial charge in [0.1, 0.15) is 5.02 Å². The number of benzene rings is 1. The van der Waals surface area contributed by atoms with Crippen molar-refractivity contribution in [2.24, 2.45) is 0 Å². The van der Waals surface area contributed by atoms with Gasteiger partial charge in [-0.05, 0) is 18.6 Å². The van der Waals surface area contributed by atoms with Crippen molar-refractivity contribution in [3.63, 3.8) is 0 Å². The maximum Gasteiger partial charge on any atom is 0.289 e. The van der Waals surface area contributed by atoms with E-state index in [-0.39, 0.29) is 16.0 Å². The van der Waals surface area contributed by atoms with Gasteiger partial charge in [-0.15, -0.1) is 0 Å². The summed E-state index contributed by atoms with van der Waals surface area (Å²) in [5.74, 6) is 0. The number of hydrogen-bond acceptors (Lipinski definition) is 5. The molecular formula is C12H16ClN3O4S. The van der Waals surface area contributed by atoms with Gasteiger partial charge < -0.3 is 5.32 Å². The van der Waals surface area contributed by atoms with Crippen LogP contribution >= 0.6 is 11.6 Å². The van der Waals surface area contributed by atoms with Crippen molar-refractivity contribution in [1.82, 2.24) is 9.62 Å². The highest BCUT2D eigenvalue weighted by atomic mass is 35.5. The standard InChI is InChI=1S/C12H16ClN3O4S/c1-2-5-15(9-7-14-8-9)21(19,20)10-3-4-11(13)12(6-10)16(17)18/h3-4,6,9,14H,2,5,7-8H2,1H3. The number of nitrogens with zero attached hydrogens (tertiary/aromatic N) is 2. The molecule has 0 aliphatic carbocycles. The second-order valence-electron chi connectivity index (χ2n) is 4.80. The van der Waals surface area contributed by atoms with E-state index in [0.29, 0.717) is 26.1 Å². The van der Waals surface area contributed by atoms with E-state index in [9.17, 15) is 18.5 Å². The number of sulfonamides is 1. The van der Waals surface area contributed by atoms with Gasteiger partial charge in [-0.25, -0.2) is 8.42 Å². The fourth-order valence-electron chi connectivity index (χ4n) is 2.12. The first kappa shape index (κ1) is 16.2. The lowest BCUT2D eigenvalue weighted by Gasteiger charge is -2.37. The molecule has 116 valence electrons. The van der Waals surface area contributed by atoms with Crippen molar-refractivity contribution in [2.45, 2.75) is 24.3 Å². The Morgan fingerprint density at radius 3 is 2.62 bits per heavy atom. The van der Waals surface area contributed by atoms with Crippen molar-refractivity contribution in [3.05, 3.63) is 33.3 Å². The average molecular weight is 334 g/mol. The second-order valence-corrected chi connectivity index (χ2v) is 7.10. The molecule has 7 nitrogen and oxygen atoms in total. The first-order chi connectivity index (χ1) is 9.87. The van der Waals surface area contributed by atoms with Gasteiger partial charge >= 0.3 is 0 Å². The van der Waals surface area contributed by atoms with Crippen LogP contribution in [0.3, 0.4) is 0 Å². The van der Waals surface area contributed by atoms with Crippen LogP contribution in [0.5, 0.6) is 0 Å². The summed E-state index contributed by atoms with van der Waals surface area (Å²) in [6, 6.07) is 3.46. The van der Waals surface area contributed by atoms with Gasteiger partial charge in [0, 0.05) is 25.7 Å². The molecule has 1 fully saturated rings. The van der Waals surface area contributed by atoms with Gasteiger partial charge in [0.2, 0.25) is 10.0 Å². The zero-order valence-corrected chi connectivity index (χ0v) is 13.0. The summed E-state index contributed by atoms with van der Waals surface area (Å²) in [4.78, 5) is 10.1. The van der Waals surface area contributed by atoms with Crippen molar-refractivity contribution >= 4 is 27.3 Å². The van der Waals surface area contributed by atoms with Crippen LogP contribution < -0.4 is 5.32 Å². The Bertz CT molecular complexity index is 646. The van der Waals surface area contributed by atoms with Crippen LogP contribution in [0.4, 0.5) is 5.69 Å². The summed E-state index contributed by atoms with van der Waals surface area (Å²) >= 11 is 5.72. The fraction of sp³-hybridized carbons (Fsp3) is 0.500. The third-order valence-electron chi connectivity index (χ3n) is 3.33. The fourth-order valence-corrected chi connectivity index (χ4v) is 4.05. The lowest BCUT2D eigenvalue weighted by atomic mass is 10.2. The monoisotopic (exact) mass is 333 g/mol. The number of hydrogen-bond donors (Lipinski definition) is 1. The Balaban J connectivity index is 2.41. The first-order valence-corrected chi connectivity index (χ1v) is 8.36. The van der Waals surface area contributed by atoms with Crippen LogP contribution in [0.15, 0.2) is 23.1 Å². The molecule has 0 spiro atoms. The van der Waals surface area contributed by atoms with Gasteiger partial charge in [-0.3, -0.25) is 10.1 Å². The summed E-state index contributed by atoms with van der Waals surface area (Å²) in [5, 5.41) is 13.8. The predicted octanol–water partition coefficient (Wildman–Crippen LogP) is 1.62. The molecule has 2 rings (SSSR count). The minimum Gasteiger partial charge on any atom is -0.313 e. The summed E-state index contributed by atoms with van der Waals surface area (Å²) < 4.78 is 26.7. The lowest BCUT2D eigenvalue weighted by Crippen LogP contribution is -2.58. The molecule has 1 saturated heterocycles. The molecule has 0 atom stereocenters. The highest BCUT2D eigenvalue weighted by molar-refractivity contribution is 7.89. The molecule has 1 aromatic carbocycles. The molecule has 0 amide bonds. The number of nitro groups is 1. The molecule has 0 unspecified atom stereocenters. The Morgan fingerprint density at radius 1 is 1.48 bits per heavy atom. The van der Waals surface area contributed by atoms with Crippen LogP contribution in [0.25, 0.3) is 0 Å². The molecule has 0 bridgehead atoms. The molecular weight excluding hydrogens is 318 g/mol. The van der Waals surface area contributed by atoms with Crippen molar-refractivity contribution < 1.29 is 13.3 Å². The largest absolute Gasteiger partial charge is 0.313 e. The van der Waals surface area contributed by atoms with Crippen LogP contribution in [0.1, 0.15) is 13.3 Å². The molecule has 21 heavy (non-hydrogen) atoms. The molecule has 9 heteroatoms. The smallest absolute Gasteiger partial charge is 0.289 e. The van der Waals surface area contributed by atoms with E-state index < -0.39 is 20.6 Å². The normalized spacial score (nSPS) is 16.0. The minimum atomic E-state index is -3.77.